The van der Waals surface area contributed by atoms with Gasteiger partial charge in [0.15, 0.2) is 0 Å². The lowest BCUT2D eigenvalue weighted by atomic mass is 9.77. The molecule has 12 aromatic rings. The van der Waals surface area contributed by atoms with Crippen LogP contribution in [0.25, 0.3) is 77.2 Å². The van der Waals surface area contributed by atoms with Crippen molar-refractivity contribution in [1.29, 1.82) is 0 Å². The van der Waals surface area contributed by atoms with Crippen LogP contribution in [0.5, 0.6) is 0 Å². The number of hydrogen-bond acceptors (Lipinski definition) is 5. The van der Waals surface area contributed by atoms with E-state index < -0.39 is 0 Å². The number of para-hydroxylation sites is 6. The minimum atomic E-state index is 0.496. The Labute approximate surface area is 443 Å². The lowest BCUT2D eigenvalue weighted by Crippen LogP contribution is -2.14. The number of nitrogen functional groups attached to an aromatic ring is 2. The second kappa shape index (κ2) is 20.8. The lowest BCUT2D eigenvalue weighted by Gasteiger charge is -2.33. The molecule has 1 heterocycles. The van der Waals surface area contributed by atoms with Gasteiger partial charge in [0.1, 0.15) is 0 Å². The molecule has 75 heavy (non-hydrogen) atoms. The van der Waals surface area contributed by atoms with E-state index in [-0.39, 0.29) is 0 Å². The van der Waals surface area contributed by atoms with Crippen LogP contribution in [0.3, 0.4) is 0 Å². The monoisotopic (exact) mass is 980 g/mol. The SMILES string of the molecule is Nc1c(N)c(-c2cccc(-c3ccccc3)c2-c2cccs2)c(-c2ccccc2N(c2ccccc2)c2ccccc2)c(-c2ccccc2N(c2ccccc2)c2ccccc2)c1-c1ccccc1-c1ccccc1. The zero-order chi connectivity index (χ0) is 50.5. The fourth-order valence-electron chi connectivity index (χ4n) is 10.7. The van der Waals surface area contributed by atoms with Crippen LogP contribution < -0.4 is 21.3 Å². The van der Waals surface area contributed by atoms with Gasteiger partial charge in [-0.15, -0.1) is 11.3 Å². The van der Waals surface area contributed by atoms with Gasteiger partial charge in [-0.3, -0.25) is 0 Å². The van der Waals surface area contributed by atoms with Gasteiger partial charge >= 0.3 is 0 Å². The summed E-state index contributed by atoms with van der Waals surface area (Å²) in [5.41, 5.74) is 35.9. The molecule has 4 N–H and O–H groups in total. The Morgan fingerprint density at radius 1 is 0.240 bits per heavy atom. The van der Waals surface area contributed by atoms with Crippen LogP contribution in [0, 0.1) is 0 Å². The van der Waals surface area contributed by atoms with Crippen LogP contribution in [0.1, 0.15) is 0 Å². The quantitative estimate of drug-likeness (QED) is 0.113. The molecule has 12 rings (SSSR count). The van der Waals surface area contributed by atoms with Gasteiger partial charge < -0.3 is 21.3 Å². The Morgan fingerprint density at radius 3 is 1.00 bits per heavy atom. The molecule has 358 valence electrons. The molecule has 4 nitrogen and oxygen atoms in total. The van der Waals surface area contributed by atoms with E-state index >= 15 is 0 Å². The third-order valence-electron chi connectivity index (χ3n) is 13.9. The molecule has 0 saturated carbocycles. The molecule has 1 aromatic heterocycles. The van der Waals surface area contributed by atoms with Crippen molar-refractivity contribution >= 4 is 56.8 Å². The van der Waals surface area contributed by atoms with Crippen LogP contribution in [-0.2, 0) is 0 Å². The van der Waals surface area contributed by atoms with Crippen LogP contribution in [0.4, 0.5) is 45.5 Å². The summed E-state index contributed by atoms with van der Waals surface area (Å²) in [6, 6.07) is 101. The number of rotatable bonds is 13. The van der Waals surface area contributed by atoms with Gasteiger partial charge in [-0.2, -0.15) is 0 Å². The highest BCUT2D eigenvalue weighted by Crippen LogP contribution is 2.59. The largest absolute Gasteiger partial charge is 0.397 e. The third kappa shape index (κ3) is 8.82. The predicted octanol–water partition coefficient (Wildman–Crippen LogP) is 19.5. The van der Waals surface area contributed by atoms with Crippen LogP contribution in [-0.4, -0.2) is 0 Å². The van der Waals surface area contributed by atoms with Crippen molar-refractivity contribution < 1.29 is 0 Å². The van der Waals surface area contributed by atoms with Gasteiger partial charge in [0.25, 0.3) is 0 Å². The van der Waals surface area contributed by atoms with Gasteiger partial charge in [-0.05, 0) is 105 Å². The molecule has 0 bridgehead atoms. The van der Waals surface area contributed by atoms with Gasteiger partial charge in [-0.25, -0.2) is 0 Å². The molecular formula is C70H52N4S. The summed E-state index contributed by atoms with van der Waals surface area (Å²) in [5, 5.41) is 2.15. The summed E-state index contributed by atoms with van der Waals surface area (Å²) in [6.07, 6.45) is 0. The van der Waals surface area contributed by atoms with E-state index in [1.54, 1.807) is 11.3 Å². The normalized spacial score (nSPS) is 11.0. The summed E-state index contributed by atoms with van der Waals surface area (Å²) < 4.78 is 0. The first-order valence-electron chi connectivity index (χ1n) is 25.3. The fourth-order valence-corrected chi connectivity index (χ4v) is 11.5. The number of nitrogens with zero attached hydrogens (tertiary/aromatic N) is 2. The van der Waals surface area contributed by atoms with Crippen molar-refractivity contribution in [3.05, 3.63) is 290 Å². The first kappa shape index (κ1) is 46.4. The third-order valence-corrected chi connectivity index (χ3v) is 14.8. The average molecular weight is 981 g/mol. The first-order valence-corrected chi connectivity index (χ1v) is 26.1. The van der Waals surface area contributed by atoms with E-state index in [0.29, 0.717) is 11.4 Å². The zero-order valence-corrected chi connectivity index (χ0v) is 42.0. The Kier molecular flexibility index (Phi) is 12.9. The Balaban J connectivity index is 1.31. The molecule has 0 aliphatic rings. The van der Waals surface area contributed by atoms with Crippen molar-refractivity contribution in [2.24, 2.45) is 0 Å². The smallest absolute Gasteiger partial charge is 0.0640 e. The topological polar surface area (TPSA) is 58.5 Å². The maximum atomic E-state index is 8.02. The molecule has 0 fully saturated rings. The number of benzene rings is 11. The van der Waals surface area contributed by atoms with Gasteiger partial charge in [-0.1, -0.05) is 218 Å². The van der Waals surface area contributed by atoms with E-state index in [1.807, 2.05) is 0 Å². The second-order valence-electron chi connectivity index (χ2n) is 18.4. The van der Waals surface area contributed by atoms with Gasteiger partial charge in [0, 0.05) is 66.6 Å². The Morgan fingerprint density at radius 2 is 0.573 bits per heavy atom. The molecule has 0 saturated heterocycles. The minimum absolute atomic E-state index is 0.496. The maximum Gasteiger partial charge on any atom is 0.0640 e. The molecule has 0 radical (unpaired) electrons. The predicted molar refractivity (Wildman–Crippen MR) is 321 cm³/mol. The molecule has 0 atom stereocenters. The van der Waals surface area contributed by atoms with Crippen molar-refractivity contribution in [3.8, 4) is 77.2 Å². The Hall–Kier alpha value is -9.68. The Bertz CT molecular complexity index is 3810. The highest BCUT2D eigenvalue weighted by Gasteiger charge is 2.33. The summed E-state index contributed by atoms with van der Waals surface area (Å²) in [4.78, 5) is 5.84. The molecule has 11 aromatic carbocycles. The number of nitrogens with two attached hydrogens (primary N) is 2. The van der Waals surface area contributed by atoms with E-state index in [2.05, 4.69) is 300 Å². The van der Waals surface area contributed by atoms with E-state index in [1.165, 1.54) is 0 Å². The molecule has 0 aliphatic heterocycles. The molecule has 0 amide bonds. The van der Waals surface area contributed by atoms with Crippen molar-refractivity contribution in [1.82, 2.24) is 0 Å². The maximum absolute atomic E-state index is 8.02. The number of anilines is 8. The zero-order valence-electron chi connectivity index (χ0n) is 41.2. The summed E-state index contributed by atoms with van der Waals surface area (Å²) >= 11 is 1.72. The van der Waals surface area contributed by atoms with Gasteiger partial charge in [0.05, 0.1) is 22.7 Å². The van der Waals surface area contributed by atoms with E-state index in [0.717, 1.165) is 111 Å². The van der Waals surface area contributed by atoms with E-state index in [4.69, 9.17) is 11.5 Å². The molecule has 0 aliphatic carbocycles. The first-order chi connectivity index (χ1) is 37.1. The molecule has 5 heteroatoms. The lowest BCUT2D eigenvalue weighted by molar-refractivity contribution is 1.28. The van der Waals surface area contributed by atoms with Crippen molar-refractivity contribution in [2.75, 3.05) is 21.3 Å². The van der Waals surface area contributed by atoms with Crippen LogP contribution >= 0.6 is 11.3 Å². The van der Waals surface area contributed by atoms with Crippen LogP contribution in [0.15, 0.2) is 290 Å². The highest BCUT2D eigenvalue weighted by atomic mass is 32.1. The molecular weight excluding hydrogens is 929 g/mol. The fraction of sp³-hybridized carbons (Fsp3) is 0. The van der Waals surface area contributed by atoms with Gasteiger partial charge in [0.2, 0.25) is 0 Å². The molecule has 0 unspecified atom stereocenters. The average Bonchev–Trinajstić information content (AvgIpc) is 4.05. The summed E-state index contributed by atoms with van der Waals surface area (Å²) in [7, 11) is 0. The summed E-state index contributed by atoms with van der Waals surface area (Å²) in [6.45, 7) is 0. The van der Waals surface area contributed by atoms with E-state index in [9.17, 15) is 0 Å². The van der Waals surface area contributed by atoms with Crippen molar-refractivity contribution in [2.45, 2.75) is 0 Å². The summed E-state index contributed by atoms with van der Waals surface area (Å²) in [5.74, 6) is 0. The number of hydrogen-bond donors (Lipinski definition) is 2. The molecule has 0 spiro atoms. The van der Waals surface area contributed by atoms with Crippen LogP contribution in [0.2, 0.25) is 0 Å². The number of thiophene rings is 1. The highest BCUT2D eigenvalue weighted by molar-refractivity contribution is 7.13. The van der Waals surface area contributed by atoms with Crippen molar-refractivity contribution in [3.63, 3.8) is 0 Å². The second-order valence-corrected chi connectivity index (χ2v) is 19.3. The standard InChI is InChI=1S/C70H52N4S/c71-69-67(57-40-20-19-39-55(57)49-27-7-1-8-28-49)65(58-41-21-23-45-61(58)73(51-31-11-3-12-32-51)52-33-13-4-14-34-52)66(59-42-22-24-46-62(59)74(53-35-15-5-16-36-53)54-37-17-6-18-38-54)68(70(69)72)60-44-25-43-56(50-29-9-2-10-30-50)64(60)63-47-26-48-75-63/h1-48H,71-72H2. The minimum Gasteiger partial charge on any atom is -0.397 e.